The SMILES string of the molecule is CC(C)COc1ccc(F)c(C2(N)CN(C(=O)OC(C)(C)C)CC2CO)c1. The fourth-order valence-electron chi connectivity index (χ4n) is 3.14. The number of nitrogens with two attached hydrogens (primary N) is 1. The highest BCUT2D eigenvalue weighted by molar-refractivity contribution is 5.69. The maximum atomic E-state index is 14.6. The van der Waals surface area contributed by atoms with Gasteiger partial charge in [-0.1, -0.05) is 13.8 Å². The molecule has 0 spiro atoms. The normalized spacial score (nSPS) is 23.0. The Morgan fingerprint density at radius 2 is 2.11 bits per heavy atom. The summed E-state index contributed by atoms with van der Waals surface area (Å²) in [6.45, 7) is 9.83. The van der Waals surface area contributed by atoms with Crippen LogP contribution in [0.25, 0.3) is 0 Å². The topological polar surface area (TPSA) is 85.0 Å². The van der Waals surface area contributed by atoms with E-state index in [1.807, 2.05) is 13.8 Å². The number of carbonyl (C=O) groups is 1. The molecule has 0 aliphatic carbocycles. The summed E-state index contributed by atoms with van der Waals surface area (Å²) in [5, 5.41) is 9.82. The van der Waals surface area contributed by atoms with Crippen LogP contribution in [-0.4, -0.2) is 48.0 Å². The third-order valence-electron chi connectivity index (χ3n) is 4.52. The average Bonchev–Trinajstić information content (AvgIpc) is 2.90. The van der Waals surface area contributed by atoms with Crippen molar-refractivity contribution in [3.8, 4) is 5.75 Å². The Bertz CT molecular complexity index is 674. The van der Waals surface area contributed by atoms with Crippen molar-refractivity contribution in [3.05, 3.63) is 29.6 Å². The first-order chi connectivity index (χ1) is 12.5. The van der Waals surface area contributed by atoms with Crippen molar-refractivity contribution in [2.75, 3.05) is 26.3 Å². The lowest BCUT2D eigenvalue weighted by molar-refractivity contribution is 0.0279. The molecule has 1 amide bonds. The number of ether oxygens (including phenoxy) is 2. The van der Waals surface area contributed by atoms with Crippen molar-refractivity contribution in [2.45, 2.75) is 45.8 Å². The van der Waals surface area contributed by atoms with Crippen molar-refractivity contribution in [1.29, 1.82) is 0 Å². The number of aliphatic hydroxyl groups excluding tert-OH is 1. The molecular weight excluding hydrogens is 351 g/mol. The van der Waals surface area contributed by atoms with Gasteiger partial charge >= 0.3 is 6.09 Å². The summed E-state index contributed by atoms with van der Waals surface area (Å²) in [5.74, 6) is -0.166. The molecule has 1 heterocycles. The monoisotopic (exact) mass is 382 g/mol. The highest BCUT2D eigenvalue weighted by atomic mass is 19.1. The number of rotatable bonds is 5. The molecule has 2 unspecified atom stereocenters. The number of hydrogen-bond donors (Lipinski definition) is 2. The standard InChI is InChI=1S/C20H31FN2O4/c1-13(2)11-26-15-6-7-17(21)16(8-15)20(22)12-23(9-14(20)10-24)18(25)27-19(3,4)5/h6-8,13-14,24H,9-12,22H2,1-5H3. The molecule has 1 aromatic carbocycles. The van der Waals surface area contributed by atoms with Crippen LogP contribution in [0.1, 0.15) is 40.2 Å². The summed E-state index contributed by atoms with van der Waals surface area (Å²) in [4.78, 5) is 13.8. The first-order valence-corrected chi connectivity index (χ1v) is 9.26. The minimum Gasteiger partial charge on any atom is -0.493 e. The van der Waals surface area contributed by atoms with Crippen molar-refractivity contribution in [2.24, 2.45) is 17.6 Å². The smallest absolute Gasteiger partial charge is 0.410 e. The van der Waals surface area contributed by atoms with Crippen LogP contribution in [0.3, 0.4) is 0 Å². The van der Waals surface area contributed by atoms with Crippen LogP contribution >= 0.6 is 0 Å². The molecule has 1 aromatic rings. The van der Waals surface area contributed by atoms with Crippen LogP contribution in [-0.2, 0) is 10.3 Å². The summed E-state index contributed by atoms with van der Waals surface area (Å²) < 4.78 is 25.7. The van der Waals surface area contributed by atoms with Gasteiger partial charge in [-0.2, -0.15) is 0 Å². The van der Waals surface area contributed by atoms with E-state index in [0.717, 1.165) is 0 Å². The summed E-state index contributed by atoms with van der Waals surface area (Å²) in [6.07, 6.45) is -0.527. The Morgan fingerprint density at radius 3 is 2.67 bits per heavy atom. The molecule has 0 aromatic heterocycles. The van der Waals surface area contributed by atoms with Gasteiger partial charge in [0.25, 0.3) is 0 Å². The van der Waals surface area contributed by atoms with Crippen LogP contribution < -0.4 is 10.5 Å². The van der Waals surface area contributed by atoms with Gasteiger partial charge in [0.1, 0.15) is 17.2 Å². The number of aliphatic hydroxyl groups is 1. The second-order valence-electron chi connectivity index (χ2n) is 8.63. The predicted octanol–water partition coefficient (Wildman–Crippen LogP) is 2.87. The Balaban J connectivity index is 2.29. The third kappa shape index (κ3) is 5.11. The number of halogens is 1. The summed E-state index contributed by atoms with van der Waals surface area (Å²) in [7, 11) is 0. The Kier molecular flexibility index (Phi) is 6.37. The van der Waals surface area contributed by atoms with E-state index in [0.29, 0.717) is 18.3 Å². The second-order valence-corrected chi connectivity index (χ2v) is 8.63. The first kappa shape index (κ1) is 21.4. The first-order valence-electron chi connectivity index (χ1n) is 9.26. The number of amides is 1. The summed E-state index contributed by atoms with van der Waals surface area (Å²) in [5.41, 5.74) is 4.90. The third-order valence-corrected chi connectivity index (χ3v) is 4.52. The van der Waals surface area contributed by atoms with E-state index >= 15 is 0 Å². The molecule has 0 radical (unpaired) electrons. The maximum Gasteiger partial charge on any atom is 0.410 e. The lowest BCUT2D eigenvalue weighted by Gasteiger charge is -2.30. The second kappa shape index (κ2) is 8.02. The Hall–Kier alpha value is -1.86. The summed E-state index contributed by atoms with van der Waals surface area (Å²) >= 11 is 0. The van der Waals surface area contributed by atoms with Crippen LogP contribution in [0, 0.1) is 17.7 Å². The number of benzene rings is 1. The molecule has 1 fully saturated rings. The Labute approximate surface area is 160 Å². The van der Waals surface area contributed by atoms with Gasteiger partial charge in [-0.15, -0.1) is 0 Å². The quantitative estimate of drug-likeness (QED) is 0.818. The molecule has 6 nitrogen and oxygen atoms in total. The van der Waals surface area contributed by atoms with Gasteiger partial charge < -0.3 is 25.2 Å². The van der Waals surface area contributed by atoms with E-state index in [2.05, 4.69) is 0 Å². The van der Waals surface area contributed by atoms with Crippen molar-refractivity contribution < 1.29 is 23.8 Å². The lowest BCUT2D eigenvalue weighted by atomic mass is 9.81. The lowest BCUT2D eigenvalue weighted by Crippen LogP contribution is -2.47. The van der Waals surface area contributed by atoms with Crippen molar-refractivity contribution >= 4 is 6.09 Å². The van der Waals surface area contributed by atoms with Gasteiger partial charge in [0.15, 0.2) is 0 Å². The van der Waals surface area contributed by atoms with Gasteiger partial charge in [-0.25, -0.2) is 9.18 Å². The fourth-order valence-corrected chi connectivity index (χ4v) is 3.14. The van der Waals surface area contributed by atoms with Crippen LogP contribution in [0.4, 0.5) is 9.18 Å². The van der Waals surface area contributed by atoms with E-state index in [1.54, 1.807) is 32.9 Å². The zero-order valence-corrected chi connectivity index (χ0v) is 16.8. The molecule has 0 bridgehead atoms. The van der Waals surface area contributed by atoms with E-state index in [4.69, 9.17) is 15.2 Å². The molecular formula is C20H31FN2O4. The van der Waals surface area contributed by atoms with Gasteiger partial charge in [0, 0.05) is 31.2 Å². The molecule has 27 heavy (non-hydrogen) atoms. The molecule has 2 rings (SSSR count). The van der Waals surface area contributed by atoms with Crippen molar-refractivity contribution in [1.82, 2.24) is 4.90 Å². The number of hydrogen-bond acceptors (Lipinski definition) is 5. The maximum absolute atomic E-state index is 14.6. The highest BCUT2D eigenvalue weighted by Crippen LogP contribution is 2.38. The molecule has 152 valence electrons. The van der Waals surface area contributed by atoms with E-state index < -0.39 is 29.0 Å². The van der Waals surface area contributed by atoms with E-state index in [1.165, 1.54) is 11.0 Å². The number of carbonyl (C=O) groups excluding carboxylic acids is 1. The highest BCUT2D eigenvalue weighted by Gasteiger charge is 2.48. The van der Waals surface area contributed by atoms with Crippen LogP contribution in [0.2, 0.25) is 0 Å². The average molecular weight is 382 g/mol. The molecule has 2 atom stereocenters. The van der Waals surface area contributed by atoms with Crippen molar-refractivity contribution in [3.63, 3.8) is 0 Å². The predicted molar refractivity (Wildman–Crippen MR) is 101 cm³/mol. The van der Waals surface area contributed by atoms with Gasteiger partial charge in [0.2, 0.25) is 0 Å². The molecule has 7 heteroatoms. The van der Waals surface area contributed by atoms with E-state index in [9.17, 15) is 14.3 Å². The number of nitrogens with zero attached hydrogens (tertiary/aromatic N) is 1. The minimum absolute atomic E-state index is 0.0533. The van der Waals surface area contributed by atoms with Crippen LogP contribution in [0.5, 0.6) is 5.75 Å². The van der Waals surface area contributed by atoms with Gasteiger partial charge in [-0.05, 0) is 44.9 Å². The molecule has 3 N–H and O–H groups in total. The minimum atomic E-state index is -1.23. The Morgan fingerprint density at radius 1 is 1.44 bits per heavy atom. The van der Waals surface area contributed by atoms with Gasteiger partial charge in [-0.3, -0.25) is 0 Å². The fraction of sp³-hybridized carbons (Fsp3) is 0.650. The molecule has 1 aliphatic heterocycles. The summed E-state index contributed by atoms with van der Waals surface area (Å²) in [6, 6.07) is 4.43. The molecule has 1 aliphatic rings. The van der Waals surface area contributed by atoms with Gasteiger partial charge in [0.05, 0.1) is 12.1 Å². The molecule has 1 saturated heterocycles. The zero-order valence-electron chi connectivity index (χ0n) is 16.8. The largest absolute Gasteiger partial charge is 0.493 e. The van der Waals surface area contributed by atoms with E-state index in [-0.39, 0.29) is 25.3 Å². The zero-order chi connectivity index (χ0) is 20.4. The van der Waals surface area contributed by atoms with Crippen LogP contribution in [0.15, 0.2) is 18.2 Å². The number of likely N-dealkylation sites (tertiary alicyclic amines) is 1. The molecule has 0 saturated carbocycles.